The molecular weight excluding hydrogens is 244 g/mol. The van der Waals surface area contributed by atoms with Crippen LogP contribution in [0.15, 0.2) is 18.2 Å². The normalized spacial score (nSPS) is 15.9. The molecule has 1 amide bonds. The molecule has 19 heavy (non-hydrogen) atoms. The molecule has 1 atom stereocenters. The minimum atomic E-state index is -0.660. The van der Waals surface area contributed by atoms with E-state index in [0.717, 1.165) is 12.1 Å². The van der Waals surface area contributed by atoms with E-state index in [9.17, 15) is 4.79 Å². The molecule has 2 rings (SSSR count). The van der Waals surface area contributed by atoms with Gasteiger partial charge in [0.1, 0.15) is 11.5 Å². The zero-order chi connectivity index (χ0) is 13.8. The Labute approximate surface area is 113 Å². The molecule has 0 aliphatic heterocycles. The molecule has 0 saturated heterocycles. The molecule has 0 aromatic heterocycles. The SMILES string of the molecule is COc1ccc(CNC2CC2)c(OC(C)C(N)=O)c1. The van der Waals surface area contributed by atoms with Crippen molar-refractivity contribution in [3.05, 3.63) is 23.8 Å². The predicted octanol–water partition coefficient (Wildman–Crippen LogP) is 1.20. The van der Waals surface area contributed by atoms with Crippen LogP contribution < -0.4 is 20.5 Å². The van der Waals surface area contributed by atoms with Crippen LogP contribution >= 0.6 is 0 Å². The van der Waals surface area contributed by atoms with Gasteiger partial charge >= 0.3 is 0 Å². The van der Waals surface area contributed by atoms with Crippen LogP contribution in [0, 0.1) is 0 Å². The minimum absolute atomic E-state index is 0.482. The second-order valence-corrected chi connectivity index (χ2v) is 4.79. The topological polar surface area (TPSA) is 73.6 Å². The lowest BCUT2D eigenvalue weighted by Gasteiger charge is -2.16. The predicted molar refractivity (Wildman–Crippen MR) is 72.1 cm³/mol. The Morgan fingerprint density at radius 2 is 2.26 bits per heavy atom. The van der Waals surface area contributed by atoms with E-state index in [1.165, 1.54) is 12.8 Å². The summed E-state index contributed by atoms with van der Waals surface area (Å²) < 4.78 is 10.8. The van der Waals surface area contributed by atoms with Gasteiger partial charge in [0.15, 0.2) is 6.10 Å². The molecule has 5 nitrogen and oxygen atoms in total. The molecule has 1 unspecified atom stereocenters. The summed E-state index contributed by atoms with van der Waals surface area (Å²) in [6.45, 7) is 2.36. The van der Waals surface area contributed by atoms with Gasteiger partial charge in [0.25, 0.3) is 5.91 Å². The Morgan fingerprint density at radius 3 is 2.84 bits per heavy atom. The van der Waals surface area contributed by atoms with E-state index in [4.69, 9.17) is 15.2 Å². The molecule has 1 aromatic rings. The van der Waals surface area contributed by atoms with Gasteiger partial charge in [-0.1, -0.05) is 6.07 Å². The number of benzene rings is 1. The van der Waals surface area contributed by atoms with Crippen LogP contribution in [0.2, 0.25) is 0 Å². The number of nitrogens with two attached hydrogens (primary N) is 1. The lowest BCUT2D eigenvalue weighted by atomic mass is 10.2. The minimum Gasteiger partial charge on any atom is -0.497 e. The van der Waals surface area contributed by atoms with Gasteiger partial charge in [-0.3, -0.25) is 4.79 Å². The number of nitrogens with one attached hydrogen (secondary N) is 1. The van der Waals surface area contributed by atoms with Crippen molar-refractivity contribution in [3.63, 3.8) is 0 Å². The maximum atomic E-state index is 11.1. The monoisotopic (exact) mass is 264 g/mol. The third-order valence-electron chi connectivity index (χ3n) is 3.14. The van der Waals surface area contributed by atoms with Crippen LogP contribution in [0.4, 0.5) is 0 Å². The molecule has 1 aliphatic carbocycles. The molecular formula is C14H20N2O3. The van der Waals surface area contributed by atoms with Crippen molar-refractivity contribution < 1.29 is 14.3 Å². The van der Waals surface area contributed by atoms with Crippen molar-refractivity contribution in [2.45, 2.75) is 38.5 Å². The molecule has 1 fully saturated rings. The summed E-state index contributed by atoms with van der Waals surface area (Å²) in [6.07, 6.45) is 1.79. The molecule has 1 saturated carbocycles. The highest BCUT2D eigenvalue weighted by molar-refractivity contribution is 5.78. The van der Waals surface area contributed by atoms with Crippen LogP contribution in [0.3, 0.4) is 0 Å². The number of hydrogen-bond donors (Lipinski definition) is 2. The van der Waals surface area contributed by atoms with Crippen molar-refractivity contribution in [3.8, 4) is 11.5 Å². The first-order chi connectivity index (χ1) is 9.10. The summed E-state index contributed by atoms with van der Waals surface area (Å²) in [7, 11) is 1.60. The number of ether oxygens (including phenoxy) is 2. The smallest absolute Gasteiger partial charge is 0.258 e. The fourth-order valence-corrected chi connectivity index (χ4v) is 1.71. The third-order valence-corrected chi connectivity index (χ3v) is 3.14. The van der Waals surface area contributed by atoms with Gasteiger partial charge in [0.2, 0.25) is 0 Å². The highest BCUT2D eigenvalue weighted by Gasteiger charge is 2.21. The maximum Gasteiger partial charge on any atom is 0.258 e. The molecule has 0 heterocycles. The molecule has 3 N–H and O–H groups in total. The Bertz CT molecular complexity index is 458. The molecule has 5 heteroatoms. The van der Waals surface area contributed by atoms with Crippen LogP contribution in [0.25, 0.3) is 0 Å². The zero-order valence-electron chi connectivity index (χ0n) is 11.3. The molecule has 0 radical (unpaired) electrons. The zero-order valence-corrected chi connectivity index (χ0v) is 11.3. The van der Waals surface area contributed by atoms with Crippen molar-refractivity contribution in [2.75, 3.05) is 7.11 Å². The van der Waals surface area contributed by atoms with E-state index in [1.807, 2.05) is 12.1 Å². The van der Waals surface area contributed by atoms with Gasteiger partial charge in [-0.25, -0.2) is 0 Å². The Morgan fingerprint density at radius 1 is 1.53 bits per heavy atom. The summed E-state index contributed by atoms with van der Waals surface area (Å²) in [6, 6.07) is 6.22. The number of carbonyl (C=O) groups is 1. The summed E-state index contributed by atoms with van der Waals surface area (Å²) >= 11 is 0. The fourth-order valence-electron chi connectivity index (χ4n) is 1.71. The van der Waals surface area contributed by atoms with Gasteiger partial charge < -0.3 is 20.5 Å². The first kappa shape index (κ1) is 13.7. The maximum absolute atomic E-state index is 11.1. The molecule has 0 bridgehead atoms. The van der Waals surface area contributed by atoms with Crippen LogP contribution in [-0.4, -0.2) is 25.2 Å². The van der Waals surface area contributed by atoms with Crippen LogP contribution in [0.1, 0.15) is 25.3 Å². The van der Waals surface area contributed by atoms with E-state index in [-0.39, 0.29) is 0 Å². The molecule has 1 aliphatic rings. The van der Waals surface area contributed by atoms with E-state index >= 15 is 0 Å². The number of rotatable bonds is 7. The van der Waals surface area contributed by atoms with Gasteiger partial charge in [-0.05, 0) is 25.8 Å². The molecule has 0 spiro atoms. The average molecular weight is 264 g/mol. The van der Waals surface area contributed by atoms with E-state index in [2.05, 4.69) is 5.32 Å². The molecule has 1 aromatic carbocycles. The highest BCUT2D eigenvalue weighted by Crippen LogP contribution is 2.27. The van der Waals surface area contributed by atoms with Gasteiger partial charge in [0, 0.05) is 24.2 Å². The summed E-state index contributed by atoms with van der Waals surface area (Å²) in [5, 5.41) is 3.42. The second kappa shape index (κ2) is 5.93. The summed E-state index contributed by atoms with van der Waals surface area (Å²) in [5.41, 5.74) is 6.23. The number of carbonyl (C=O) groups excluding carboxylic acids is 1. The Balaban J connectivity index is 2.12. The van der Waals surface area contributed by atoms with Gasteiger partial charge in [0.05, 0.1) is 7.11 Å². The summed E-state index contributed by atoms with van der Waals surface area (Å²) in [5.74, 6) is 0.851. The third kappa shape index (κ3) is 3.86. The second-order valence-electron chi connectivity index (χ2n) is 4.79. The summed E-state index contributed by atoms with van der Waals surface area (Å²) in [4.78, 5) is 11.1. The molecule has 104 valence electrons. The lowest BCUT2D eigenvalue weighted by molar-refractivity contribution is -0.124. The van der Waals surface area contributed by atoms with Crippen molar-refractivity contribution in [1.82, 2.24) is 5.32 Å². The van der Waals surface area contributed by atoms with Crippen molar-refractivity contribution in [1.29, 1.82) is 0 Å². The lowest BCUT2D eigenvalue weighted by Crippen LogP contribution is -2.31. The van der Waals surface area contributed by atoms with Crippen molar-refractivity contribution >= 4 is 5.91 Å². The van der Waals surface area contributed by atoms with E-state index in [1.54, 1.807) is 20.1 Å². The van der Waals surface area contributed by atoms with Crippen molar-refractivity contribution in [2.24, 2.45) is 5.73 Å². The van der Waals surface area contributed by atoms with Gasteiger partial charge in [-0.15, -0.1) is 0 Å². The first-order valence-electron chi connectivity index (χ1n) is 6.46. The van der Waals surface area contributed by atoms with Gasteiger partial charge in [-0.2, -0.15) is 0 Å². The number of primary amides is 1. The standard InChI is InChI=1S/C14H20N2O3/c1-9(14(15)17)19-13-7-12(18-2)6-3-10(13)8-16-11-4-5-11/h3,6-7,9,11,16H,4-5,8H2,1-2H3,(H2,15,17). The highest BCUT2D eigenvalue weighted by atomic mass is 16.5. The van der Waals surface area contributed by atoms with Crippen LogP contribution in [-0.2, 0) is 11.3 Å². The average Bonchev–Trinajstić information content (AvgIpc) is 3.21. The largest absolute Gasteiger partial charge is 0.497 e. The number of hydrogen-bond acceptors (Lipinski definition) is 4. The number of methoxy groups -OCH3 is 1. The van der Waals surface area contributed by atoms with E-state index in [0.29, 0.717) is 17.5 Å². The fraction of sp³-hybridized carbons (Fsp3) is 0.500. The number of amides is 1. The first-order valence-corrected chi connectivity index (χ1v) is 6.46. The quantitative estimate of drug-likeness (QED) is 0.776. The Hall–Kier alpha value is -1.75. The van der Waals surface area contributed by atoms with Crippen LogP contribution in [0.5, 0.6) is 11.5 Å². The Kier molecular flexibility index (Phi) is 4.27. The van der Waals surface area contributed by atoms with E-state index < -0.39 is 12.0 Å².